The number of thioether (sulfide) groups is 1. The molecule has 0 aliphatic carbocycles. The van der Waals surface area contributed by atoms with Crippen molar-refractivity contribution < 1.29 is 4.79 Å². The number of nitrogens with one attached hydrogen (secondary N) is 1. The van der Waals surface area contributed by atoms with Crippen LogP contribution in [-0.2, 0) is 4.79 Å². The molecule has 1 amide bonds. The Morgan fingerprint density at radius 2 is 2.06 bits per heavy atom. The maximum Gasteiger partial charge on any atom is 0.237 e. The van der Waals surface area contributed by atoms with E-state index in [2.05, 4.69) is 5.43 Å². The van der Waals surface area contributed by atoms with Crippen molar-refractivity contribution in [2.75, 3.05) is 5.73 Å². The van der Waals surface area contributed by atoms with Gasteiger partial charge < -0.3 is 5.73 Å². The number of carbonyl (C=O) groups is 1. The molecule has 17 heavy (non-hydrogen) atoms. The van der Waals surface area contributed by atoms with Gasteiger partial charge in [0.05, 0.1) is 0 Å². The molecule has 0 heterocycles. The largest absolute Gasteiger partial charge is 0.398 e. The second kappa shape index (κ2) is 5.93. The maximum atomic E-state index is 11.4. The van der Waals surface area contributed by atoms with Crippen molar-refractivity contribution in [1.82, 2.24) is 5.43 Å². The van der Waals surface area contributed by atoms with Gasteiger partial charge in [-0.2, -0.15) is 0 Å². The van der Waals surface area contributed by atoms with E-state index in [1.54, 1.807) is 11.8 Å². The first kappa shape index (κ1) is 13.9. The first-order valence-electron chi connectivity index (χ1n) is 5.49. The van der Waals surface area contributed by atoms with Crippen LogP contribution in [-0.4, -0.2) is 11.2 Å². The van der Waals surface area contributed by atoms with E-state index in [9.17, 15) is 4.79 Å². The molecule has 0 bridgehead atoms. The highest BCUT2D eigenvalue weighted by Crippen LogP contribution is 2.33. The fourth-order valence-electron chi connectivity index (χ4n) is 1.40. The van der Waals surface area contributed by atoms with Gasteiger partial charge in [-0.05, 0) is 18.6 Å². The molecule has 4 nitrogen and oxygen atoms in total. The number of hydrogen-bond acceptors (Lipinski definition) is 4. The molecule has 1 aromatic carbocycles. The number of benzene rings is 1. The first-order valence-corrected chi connectivity index (χ1v) is 6.37. The van der Waals surface area contributed by atoms with Gasteiger partial charge in [0.2, 0.25) is 5.91 Å². The number of carbonyl (C=O) groups excluding carboxylic acids is 1. The highest BCUT2D eigenvalue weighted by molar-refractivity contribution is 8.00. The molecule has 0 radical (unpaired) electrons. The van der Waals surface area contributed by atoms with Crippen LogP contribution in [0.15, 0.2) is 23.1 Å². The Hall–Kier alpha value is -1.20. The number of para-hydroxylation sites is 1. The van der Waals surface area contributed by atoms with E-state index in [1.807, 2.05) is 39.0 Å². The second-order valence-electron chi connectivity index (χ2n) is 4.11. The molecule has 0 spiro atoms. The van der Waals surface area contributed by atoms with E-state index in [0.717, 1.165) is 16.1 Å². The lowest BCUT2D eigenvalue weighted by atomic mass is 10.1. The Bertz CT molecular complexity index is 409. The lowest BCUT2D eigenvalue weighted by molar-refractivity contribution is -0.124. The van der Waals surface area contributed by atoms with E-state index < -0.39 is 0 Å². The minimum Gasteiger partial charge on any atom is -0.398 e. The number of nitrogens with two attached hydrogens (primary N) is 2. The zero-order valence-corrected chi connectivity index (χ0v) is 11.2. The summed E-state index contributed by atoms with van der Waals surface area (Å²) in [6, 6.07) is 5.91. The van der Waals surface area contributed by atoms with Crippen LogP contribution in [0.4, 0.5) is 5.69 Å². The number of amides is 1. The Kier molecular flexibility index (Phi) is 4.84. The summed E-state index contributed by atoms with van der Waals surface area (Å²) in [5.74, 6) is 4.81. The normalized spacial score (nSPS) is 14.1. The third-order valence-corrected chi connectivity index (χ3v) is 4.25. The molecule has 1 rings (SSSR count). The van der Waals surface area contributed by atoms with Crippen LogP contribution in [0.3, 0.4) is 0 Å². The van der Waals surface area contributed by atoms with Crippen LogP contribution in [0.5, 0.6) is 0 Å². The molecule has 5 N–H and O–H groups in total. The van der Waals surface area contributed by atoms with E-state index in [-0.39, 0.29) is 17.1 Å². The lowest BCUT2D eigenvalue weighted by Gasteiger charge is -2.19. The van der Waals surface area contributed by atoms with Gasteiger partial charge in [-0.15, -0.1) is 11.8 Å². The van der Waals surface area contributed by atoms with Crippen molar-refractivity contribution in [1.29, 1.82) is 0 Å². The summed E-state index contributed by atoms with van der Waals surface area (Å²) in [5, 5.41) is 0.114. The van der Waals surface area contributed by atoms with E-state index in [1.165, 1.54) is 0 Å². The molecule has 2 unspecified atom stereocenters. The Morgan fingerprint density at radius 3 is 2.65 bits per heavy atom. The molecule has 0 saturated heterocycles. The maximum absolute atomic E-state index is 11.4. The fraction of sp³-hybridized carbons (Fsp3) is 0.417. The molecule has 2 atom stereocenters. The summed E-state index contributed by atoms with van der Waals surface area (Å²) in [6.45, 7) is 5.82. The summed E-state index contributed by atoms with van der Waals surface area (Å²) >= 11 is 1.59. The average molecular weight is 253 g/mol. The zero-order valence-electron chi connectivity index (χ0n) is 10.4. The van der Waals surface area contributed by atoms with Crippen molar-refractivity contribution in [2.45, 2.75) is 30.9 Å². The minimum absolute atomic E-state index is 0.114. The van der Waals surface area contributed by atoms with Gasteiger partial charge in [-0.3, -0.25) is 10.2 Å². The molecule has 0 fully saturated rings. The standard InChI is InChI=1S/C12H19N3OS/c1-7-5-4-6-10(11(7)13)17-9(3)8(2)12(16)15-14/h4-6,8-9H,13-14H2,1-3H3,(H,15,16). The number of rotatable bonds is 4. The first-order chi connectivity index (χ1) is 7.97. The van der Waals surface area contributed by atoms with Crippen LogP contribution < -0.4 is 17.0 Å². The molecule has 5 heteroatoms. The number of hydrogen-bond donors (Lipinski definition) is 3. The quantitative estimate of drug-likeness (QED) is 0.251. The molecule has 0 saturated carbocycles. The molecular formula is C12H19N3OS. The molecular weight excluding hydrogens is 234 g/mol. The number of aryl methyl sites for hydroxylation is 1. The van der Waals surface area contributed by atoms with Gasteiger partial charge >= 0.3 is 0 Å². The summed E-state index contributed by atoms with van der Waals surface area (Å²) in [5.41, 5.74) is 10.0. The third-order valence-electron chi connectivity index (χ3n) is 2.86. The Morgan fingerprint density at radius 1 is 1.41 bits per heavy atom. The van der Waals surface area contributed by atoms with Crippen LogP contribution in [0.25, 0.3) is 0 Å². The van der Waals surface area contributed by atoms with Crippen LogP contribution in [0, 0.1) is 12.8 Å². The fourth-order valence-corrected chi connectivity index (χ4v) is 2.58. The third kappa shape index (κ3) is 3.38. The van der Waals surface area contributed by atoms with E-state index >= 15 is 0 Å². The molecule has 1 aromatic rings. The summed E-state index contributed by atoms with van der Waals surface area (Å²) in [7, 11) is 0. The summed E-state index contributed by atoms with van der Waals surface area (Å²) in [4.78, 5) is 12.4. The van der Waals surface area contributed by atoms with E-state index in [4.69, 9.17) is 11.6 Å². The van der Waals surface area contributed by atoms with Crippen molar-refractivity contribution in [3.05, 3.63) is 23.8 Å². The number of nitrogen functional groups attached to an aromatic ring is 1. The van der Waals surface area contributed by atoms with Gasteiger partial charge in [0.1, 0.15) is 0 Å². The van der Waals surface area contributed by atoms with Crippen molar-refractivity contribution in [3.8, 4) is 0 Å². The zero-order chi connectivity index (χ0) is 13.0. The predicted molar refractivity (Wildman–Crippen MR) is 72.4 cm³/mol. The highest BCUT2D eigenvalue weighted by atomic mass is 32.2. The van der Waals surface area contributed by atoms with Crippen LogP contribution in [0.1, 0.15) is 19.4 Å². The van der Waals surface area contributed by atoms with E-state index in [0.29, 0.717) is 0 Å². The smallest absolute Gasteiger partial charge is 0.237 e. The summed E-state index contributed by atoms with van der Waals surface area (Å²) < 4.78 is 0. The van der Waals surface area contributed by atoms with Crippen LogP contribution >= 0.6 is 11.8 Å². The van der Waals surface area contributed by atoms with Crippen LogP contribution in [0.2, 0.25) is 0 Å². The van der Waals surface area contributed by atoms with Gasteiger partial charge in [0.25, 0.3) is 0 Å². The Balaban J connectivity index is 2.77. The van der Waals surface area contributed by atoms with Crippen molar-refractivity contribution in [2.24, 2.45) is 11.8 Å². The van der Waals surface area contributed by atoms with Gasteiger partial charge in [0, 0.05) is 21.8 Å². The number of anilines is 1. The second-order valence-corrected chi connectivity index (χ2v) is 5.53. The molecule has 0 aromatic heterocycles. The monoisotopic (exact) mass is 253 g/mol. The molecule has 94 valence electrons. The minimum atomic E-state index is -0.162. The van der Waals surface area contributed by atoms with Gasteiger partial charge in [0.15, 0.2) is 0 Å². The highest BCUT2D eigenvalue weighted by Gasteiger charge is 2.21. The Labute approximate surface area is 106 Å². The topological polar surface area (TPSA) is 81.1 Å². The summed E-state index contributed by atoms with van der Waals surface area (Å²) in [6.07, 6.45) is 0. The van der Waals surface area contributed by atoms with Gasteiger partial charge in [-0.25, -0.2) is 5.84 Å². The SMILES string of the molecule is Cc1cccc(SC(C)C(C)C(=O)NN)c1N. The van der Waals surface area contributed by atoms with Crippen molar-refractivity contribution >= 4 is 23.4 Å². The van der Waals surface area contributed by atoms with Crippen molar-refractivity contribution in [3.63, 3.8) is 0 Å². The average Bonchev–Trinajstić information content (AvgIpc) is 2.32. The number of hydrazine groups is 1. The molecule has 0 aliphatic heterocycles. The lowest BCUT2D eigenvalue weighted by Crippen LogP contribution is -2.38. The van der Waals surface area contributed by atoms with Gasteiger partial charge in [-0.1, -0.05) is 26.0 Å². The molecule has 0 aliphatic rings. The predicted octanol–water partition coefficient (Wildman–Crippen LogP) is 1.68.